The largest absolute Gasteiger partial charge is 0.466 e. The lowest BCUT2D eigenvalue weighted by Crippen LogP contribution is -2.45. The van der Waals surface area contributed by atoms with Gasteiger partial charge in [0.05, 0.1) is 24.8 Å². The normalized spacial score (nSPS) is 17.0. The first kappa shape index (κ1) is 21.8. The molecular formula is C22H30N4O4. The molecule has 0 atom stereocenters. The van der Waals surface area contributed by atoms with Gasteiger partial charge in [0.1, 0.15) is 0 Å². The molecule has 0 unspecified atom stereocenters. The van der Waals surface area contributed by atoms with Gasteiger partial charge in [-0.2, -0.15) is 5.10 Å². The predicted octanol–water partition coefficient (Wildman–Crippen LogP) is 2.15. The number of amides is 2. The second kappa shape index (κ2) is 9.73. The fraction of sp³-hybridized carbons (Fsp3) is 0.545. The van der Waals surface area contributed by atoms with Crippen molar-refractivity contribution in [2.24, 2.45) is 11.0 Å². The third-order valence-corrected chi connectivity index (χ3v) is 5.58. The molecule has 0 N–H and O–H groups in total. The lowest BCUT2D eigenvalue weighted by molar-refractivity contribution is -0.151. The Morgan fingerprint density at radius 1 is 1.13 bits per heavy atom. The maximum atomic E-state index is 12.7. The number of anilines is 1. The zero-order valence-corrected chi connectivity index (χ0v) is 18.0. The highest BCUT2D eigenvalue weighted by atomic mass is 16.5. The maximum absolute atomic E-state index is 12.7. The summed E-state index contributed by atoms with van der Waals surface area (Å²) in [5, 5.41) is 6.39. The first-order valence-electron chi connectivity index (χ1n) is 10.5. The summed E-state index contributed by atoms with van der Waals surface area (Å²) in [6, 6.07) is 7.30. The van der Waals surface area contributed by atoms with Gasteiger partial charge in [0.15, 0.2) is 0 Å². The van der Waals surface area contributed by atoms with Gasteiger partial charge in [-0.05, 0) is 51.0 Å². The van der Waals surface area contributed by atoms with Gasteiger partial charge in [-0.3, -0.25) is 19.4 Å². The van der Waals surface area contributed by atoms with Crippen LogP contribution in [0.25, 0.3) is 0 Å². The van der Waals surface area contributed by atoms with E-state index >= 15 is 0 Å². The van der Waals surface area contributed by atoms with Crippen molar-refractivity contribution in [1.82, 2.24) is 9.80 Å². The van der Waals surface area contributed by atoms with Crippen LogP contribution in [0.2, 0.25) is 0 Å². The number of esters is 1. The number of likely N-dealkylation sites (tertiary alicyclic amines) is 1. The van der Waals surface area contributed by atoms with Gasteiger partial charge in [-0.15, -0.1) is 0 Å². The van der Waals surface area contributed by atoms with E-state index < -0.39 is 0 Å². The molecule has 0 radical (unpaired) electrons. The molecule has 1 saturated heterocycles. The van der Waals surface area contributed by atoms with Crippen LogP contribution in [-0.4, -0.2) is 73.1 Å². The fourth-order valence-corrected chi connectivity index (χ4v) is 3.76. The van der Waals surface area contributed by atoms with E-state index in [4.69, 9.17) is 4.74 Å². The van der Waals surface area contributed by atoms with Crippen LogP contribution in [0.15, 0.2) is 29.4 Å². The van der Waals surface area contributed by atoms with Crippen molar-refractivity contribution in [3.05, 3.63) is 29.8 Å². The first-order chi connectivity index (χ1) is 14.4. The maximum Gasteiger partial charge on any atom is 0.309 e. The minimum atomic E-state index is -0.197. The molecule has 2 aliphatic heterocycles. The van der Waals surface area contributed by atoms with Crippen LogP contribution in [0.4, 0.5) is 5.69 Å². The van der Waals surface area contributed by atoms with Crippen molar-refractivity contribution < 1.29 is 19.1 Å². The van der Waals surface area contributed by atoms with E-state index in [1.54, 1.807) is 31.0 Å². The average molecular weight is 415 g/mol. The molecule has 8 heteroatoms. The van der Waals surface area contributed by atoms with Crippen molar-refractivity contribution in [1.29, 1.82) is 0 Å². The Balaban J connectivity index is 1.50. The Hall–Kier alpha value is -2.90. The van der Waals surface area contributed by atoms with Gasteiger partial charge in [-0.25, -0.2) is 0 Å². The predicted molar refractivity (Wildman–Crippen MR) is 114 cm³/mol. The van der Waals surface area contributed by atoms with Crippen LogP contribution in [0.5, 0.6) is 0 Å². The lowest BCUT2D eigenvalue weighted by atomic mass is 9.97. The summed E-state index contributed by atoms with van der Waals surface area (Å²) in [7, 11) is 1.63. The summed E-state index contributed by atoms with van der Waals surface area (Å²) in [6.07, 6.45) is 2.15. The first-order valence-corrected chi connectivity index (χ1v) is 10.5. The van der Waals surface area contributed by atoms with E-state index in [9.17, 15) is 14.4 Å². The SMILES string of the molecule is CCOC(=O)C1CCN(C(=O)CN(C)C(=O)c2ccc(N3CCC(C)=N3)cc2)CC1. The van der Waals surface area contributed by atoms with Gasteiger partial charge >= 0.3 is 5.97 Å². The van der Waals surface area contributed by atoms with Crippen LogP contribution in [0, 0.1) is 5.92 Å². The summed E-state index contributed by atoms with van der Waals surface area (Å²) in [5.74, 6) is -0.630. The number of hydrazone groups is 1. The Kier molecular flexibility index (Phi) is 7.07. The van der Waals surface area contributed by atoms with Crippen molar-refractivity contribution >= 4 is 29.2 Å². The van der Waals surface area contributed by atoms with Crippen molar-refractivity contribution in [3.63, 3.8) is 0 Å². The zero-order chi connectivity index (χ0) is 21.7. The zero-order valence-electron chi connectivity index (χ0n) is 18.0. The second-order valence-corrected chi connectivity index (χ2v) is 7.82. The van der Waals surface area contributed by atoms with Gasteiger partial charge in [-0.1, -0.05) is 0 Å². The van der Waals surface area contributed by atoms with Gasteiger partial charge in [0.25, 0.3) is 5.91 Å². The average Bonchev–Trinajstić information content (AvgIpc) is 3.19. The van der Waals surface area contributed by atoms with Gasteiger partial charge in [0.2, 0.25) is 5.91 Å². The summed E-state index contributed by atoms with van der Waals surface area (Å²) < 4.78 is 5.06. The summed E-state index contributed by atoms with van der Waals surface area (Å²) in [4.78, 5) is 40.3. The van der Waals surface area contributed by atoms with Crippen LogP contribution in [-0.2, 0) is 14.3 Å². The molecule has 0 bridgehead atoms. The number of rotatable bonds is 6. The van der Waals surface area contributed by atoms with E-state index in [1.165, 1.54) is 4.90 Å². The second-order valence-electron chi connectivity index (χ2n) is 7.82. The smallest absolute Gasteiger partial charge is 0.309 e. The highest BCUT2D eigenvalue weighted by Crippen LogP contribution is 2.21. The van der Waals surface area contributed by atoms with Crippen molar-refractivity contribution in [2.75, 3.05) is 44.8 Å². The summed E-state index contributed by atoms with van der Waals surface area (Å²) in [6.45, 7) is 6.04. The number of hydrogen-bond donors (Lipinski definition) is 0. The standard InChI is InChI=1S/C22H30N4O4/c1-4-30-22(29)18-10-12-25(13-11-18)20(27)15-24(3)21(28)17-5-7-19(8-6-17)26-14-9-16(2)23-26/h5-8,18H,4,9-15H2,1-3H3. The molecule has 0 saturated carbocycles. The minimum absolute atomic E-state index is 0.0142. The Morgan fingerprint density at radius 2 is 1.80 bits per heavy atom. The van der Waals surface area contributed by atoms with Crippen LogP contribution < -0.4 is 5.01 Å². The van der Waals surface area contributed by atoms with E-state index in [0.29, 0.717) is 38.1 Å². The number of piperidine rings is 1. The highest BCUT2D eigenvalue weighted by molar-refractivity contribution is 5.96. The van der Waals surface area contributed by atoms with Gasteiger partial charge < -0.3 is 14.5 Å². The fourth-order valence-electron chi connectivity index (χ4n) is 3.76. The summed E-state index contributed by atoms with van der Waals surface area (Å²) in [5.41, 5.74) is 2.58. The number of benzene rings is 1. The van der Waals surface area contributed by atoms with Crippen LogP contribution in [0.1, 0.15) is 43.5 Å². The van der Waals surface area contributed by atoms with E-state index in [1.807, 2.05) is 24.1 Å². The van der Waals surface area contributed by atoms with Gasteiger partial charge in [0, 0.05) is 44.4 Å². The number of hydrogen-bond acceptors (Lipinski definition) is 6. The van der Waals surface area contributed by atoms with Crippen LogP contribution in [0.3, 0.4) is 0 Å². The molecule has 0 spiro atoms. The van der Waals surface area contributed by atoms with Crippen molar-refractivity contribution in [2.45, 2.75) is 33.1 Å². The number of ether oxygens (including phenoxy) is 1. The Labute approximate surface area is 177 Å². The molecule has 8 nitrogen and oxygen atoms in total. The Morgan fingerprint density at radius 3 is 2.37 bits per heavy atom. The van der Waals surface area contributed by atoms with Crippen molar-refractivity contribution in [3.8, 4) is 0 Å². The monoisotopic (exact) mass is 414 g/mol. The topological polar surface area (TPSA) is 82.5 Å². The molecule has 0 aliphatic carbocycles. The van der Waals surface area contributed by atoms with E-state index in [-0.39, 0.29) is 30.2 Å². The van der Waals surface area contributed by atoms with E-state index in [2.05, 4.69) is 5.10 Å². The minimum Gasteiger partial charge on any atom is -0.466 e. The highest BCUT2D eigenvalue weighted by Gasteiger charge is 2.29. The number of nitrogens with zero attached hydrogens (tertiary/aromatic N) is 4. The quantitative estimate of drug-likeness (QED) is 0.666. The number of carbonyl (C=O) groups excluding carboxylic acids is 3. The molecule has 2 aliphatic rings. The van der Waals surface area contributed by atoms with E-state index in [0.717, 1.165) is 24.4 Å². The molecule has 2 amide bonds. The third kappa shape index (κ3) is 5.17. The molecule has 1 aromatic rings. The molecule has 0 aromatic heterocycles. The Bertz CT molecular complexity index is 813. The molecule has 1 fully saturated rings. The molecule has 2 heterocycles. The molecule has 30 heavy (non-hydrogen) atoms. The molecular weight excluding hydrogens is 384 g/mol. The number of carbonyl (C=O) groups is 3. The van der Waals surface area contributed by atoms with Crippen LogP contribution >= 0.6 is 0 Å². The molecule has 162 valence electrons. The third-order valence-electron chi connectivity index (χ3n) is 5.58. The lowest BCUT2D eigenvalue weighted by Gasteiger charge is -2.32. The molecule has 3 rings (SSSR count). The molecule has 1 aromatic carbocycles. The number of likely N-dealkylation sites (N-methyl/N-ethyl adjacent to an activating group) is 1. The summed E-state index contributed by atoms with van der Waals surface area (Å²) >= 11 is 0.